The summed E-state index contributed by atoms with van der Waals surface area (Å²) in [6.45, 7) is 3.24. The molecule has 0 amide bonds. The fourth-order valence-corrected chi connectivity index (χ4v) is 2.43. The van der Waals surface area contributed by atoms with Crippen LogP contribution in [-0.2, 0) is 4.57 Å². The van der Waals surface area contributed by atoms with E-state index >= 15 is 0 Å². The monoisotopic (exact) mass is 325 g/mol. The molecule has 0 aliphatic rings. The maximum Gasteiger partial charge on any atom is 0.335 e. The lowest BCUT2D eigenvalue weighted by atomic mass is 10.2. The Kier molecular flexibility index (Phi) is 3.32. The zero-order valence-corrected chi connectivity index (χ0v) is 10.7. The molecule has 0 aliphatic heterocycles. The number of aromatic carboxylic acids is 1. The van der Waals surface area contributed by atoms with Crippen molar-refractivity contribution >= 4 is 38.2 Å². The molecule has 1 rings (SSSR count). The number of carbonyl (C=O) groups is 1. The number of halogens is 1. The zero-order valence-electron chi connectivity index (χ0n) is 7.69. The lowest BCUT2D eigenvalue weighted by molar-refractivity contribution is 0.0696. The Morgan fingerprint density at radius 3 is 2.57 bits per heavy atom. The Morgan fingerprint density at radius 1 is 1.57 bits per heavy atom. The Morgan fingerprint density at radius 2 is 2.14 bits per heavy atom. The molecule has 0 aliphatic carbocycles. The smallest absolute Gasteiger partial charge is 0.335 e. The first-order valence-electron chi connectivity index (χ1n) is 3.80. The van der Waals surface area contributed by atoms with Crippen molar-refractivity contribution in [3.63, 3.8) is 0 Å². The van der Waals surface area contributed by atoms with Crippen molar-refractivity contribution in [2.75, 3.05) is 6.66 Å². The molecule has 1 N–H and O–H groups in total. The van der Waals surface area contributed by atoms with Gasteiger partial charge in [0.25, 0.3) is 0 Å². The molecular weight excluding hydrogens is 316 g/mol. The Labute approximate surface area is 94.6 Å². The Hall–Kier alpha value is -0.420. The second kappa shape index (κ2) is 3.98. The molecule has 0 aromatic carbocycles. The average molecular weight is 325 g/mol. The highest BCUT2D eigenvalue weighted by Gasteiger charge is 2.17. The fraction of sp³-hybridized carbons (Fsp3) is 0.250. The lowest BCUT2D eigenvalue weighted by Crippen LogP contribution is -2.11. The van der Waals surface area contributed by atoms with Gasteiger partial charge in [0, 0.05) is 12.4 Å². The molecule has 1 atom stereocenters. The third kappa shape index (κ3) is 2.78. The van der Waals surface area contributed by atoms with Crippen LogP contribution in [0.3, 0.4) is 0 Å². The molecule has 0 saturated carbocycles. The number of carboxylic acids is 1. The van der Waals surface area contributed by atoms with Crippen LogP contribution in [-0.4, -0.2) is 22.7 Å². The predicted octanol–water partition coefficient (Wildman–Crippen LogP) is 2.06. The van der Waals surface area contributed by atoms with E-state index in [-0.39, 0.29) is 5.56 Å². The zero-order chi connectivity index (χ0) is 10.9. The number of nitrogens with zero attached hydrogens (tertiary/aromatic N) is 1. The Bertz CT molecular complexity index is 427. The molecule has 6 heteroatoms. The van der Waals surface area contributed by atoms with Crippen molar-refractivity contribution in [3.8, 4) is 0 Å². The quantitative estimate of drug-likeness (QED) is 0.668. The van der Waals surface area contributed by atoms with E-state index in [1.54, 1.807) is 35.6 Å². The van der Waals surface area contributed by atoms with Crippen LogP contribution in [0, 0.1) is 6.92 Å². The van der Waals surface area contributed by atoms with Gasteiger partial charge in [-0.15, -0.1) is 0 Å². The van der Waals surface area contributed by atoms with Crippen LogP contribution in [0.25, 0.3) is 0 Å². The van der Waals surface area contributed by atoms with E-state index in [4.69, 9.17) is 5.11 Å². The van der Waals surface area contributed by atoms with Crippen molar-refractivity contribution in [1.29, 1.82) is 0 Å². The normalized spacial score (nSPS) is 14.8. The van der Waals surface area contributed by atoms with Gasteiger partial charge in [-0.1, -0.05) is 0 Å². The topological polar surface area (TPSA) is 67.3 Å². The molecule has 1 aromatic heterocycles. The number of aromatic nitrogens is 1. The van der Waals surface area contributed by atoms with Gasteiger partial charge in [0.1, 0.15) is 5.44 Å². The largest absolute Gasteiger partial charge is 0.478 e. The highest BCUT2D eigenvalue weighted by Crippen LogP contribution is 2.48. The van der Waals surface area contributed by atoms with E-state index in [9.17, 15) is 9.36 Å². The van der Waals surface area contributed by atoms with Crippen molar-refractivity contribution in [2.24, 2.45) is 0 Å². The van der Waals surface area contributed by atoms with Crippen LogP contribution < -0.4 is 5.44 Å². The first-order valence-corrected chi connectivity index (χ1v) is 8.74. The van der Waals surface area contributed by atoms with Gasteiger partial charge in [0.05, 0.1) is 5.56 Å². The summed E-state index contributed by atoms with van der Waals surface area (Å²) in [7, 11) is 0. The molecule has 0 bridgehead atoms. The summed E-state index contributed by atoms with van der Waals surface area (Å²) >= 11 is 1.80. The van der Waals surface area contributed by atoms with E-state index in [1.165, 1.54) is 12.1 Å². The summed E-state index contributed by atoms with van der Waals surface area (Å²) in [5.41, 5.74) is 1.06. The molecule has 0 spiro atoms. The van der Waals surface area contributed by atoms with Gasteiger partial charge in [0.15, 0.2) is 4.78 Å². The summed E-state index contributed by atoms with van der Waals surface area (Å²) in [6, 6.07) is 2.82. The number of hydrogen-bond acceptors (Lipinski definition) is 3. The minimum Gasteiger partial charge on any atom is -0.478 e. The van der Waals surface area contributed by atoms with Crippen LogP contribution >= 0.6 is 26.8 Å². The summed E-state index contributed by atoms with van der Waals surface area (Å²) in [5, 5.41) is 8.78. The molecule has 1 heterocycles. The van der Waals surface area contributed by atoms with Gasteiger partial charge in [-0.3, -0.25) is 0 Å². The van der Waals surface area contributed by atoms with Crippen LogP contribution in [0.2, 0.25) is 0 Å². The second-order valence-corrected chi connectivity index (χ2v) is 10.6. The molecule has 0 fully saturated rings. The van der Waals surface area contributed by atoms with Gasteiger partial charge in [-0.25, -0.2) is 9.78 Å². The third-order valence-electron chi connectivity index (χ3n) is 1.60. The van der Waals surface area contributed by atoms with Gasteiger partial charge in [0.2, 0.25) is 0 Å². The molecule has 0 radical (unpaired) electrons. The van der Waals surface area contributed by atoms with E-state index in [0.29, 0.717) is 11.1 Å². The fourth-order valence-electron chi connectivity index (χ4n) is 0.979. The van der Waals surface area contributed by atoms with E-state index < -0.39 is 10.8 Å². The van der Waals surface area contributed by atoms with Crippen molar-refractivity contribution in [2.45, 2.75) is 6.92 Å². The third-order valence-corrected chi connectivity index (χ3v) is 4.13. The number of aryl methyl sites for hydroxylation is 1. The van der Waals surface area contributed by atoms with Gasteiger partial charge >= 0.3 is 5.97 Å². The van der Waals surface area contributed by atoms with Gasteiger partial charge in [-0.2, -0.15) is 0 Å². The minimum absolute atomic E-state index is 0.131. The summed E-state index contributed by atoms with van der Waals surface area (Å²) in [4.78, 5) is 12.2. The summed E-state index contributed by atoms with van der Waals surface area (Å²) in [5.74, 6) is -1.03. The maximum atomic E-state index is 11.7. The maximum absolute atomic E-state index is 11.7. The molecular formula is C8H9INO3P. The SMILES string of the molecule is Cc1cc(C(=O)O)cc(P(C)(=O)I)n1. The van der Waals surface area contributed by atoms with Crippen LogP contribution in [0.15, 0.2) is 12.1 Å². The molecule has 76 valence electrons. The molecule has 14 heavy (non-hydrogen) atoms. The number of pyridine rings is 1. The van der Waals surface area contributed by atoms with Crippen LogP contribution in [0.5, 0.6) is 0 Å². The van der Waals surface area contributed by atoms with Crippen LogP contribution in [0.1, 0.15) is 16.1 Å². The lowest BCUT2D eigenvalue weighted by Gasteiger charge is -2.06. The van der Waals surface area contributed by atoms with Crippen molar-refractivity contribution in [1.82, 2.24) is 4.98 Å². The van der Waals surface area contributed by atoms with Crippen molar-refractivity contribution < 1.29 is 14.5 Å². The average Bonchev–Trinajstić information content (AvgIpc) is 2.01. The minimum atomic E-state index is -2.52. The number of carboxylic acid groups (broad SMARTS) is 1. The predicted molar refractivity (Wildman–Crippen MR) is 63.1 cm³/mol. The van der Waals surface area contributed by atoms with Gasteiger partial charge < -0.3 is 9.67 Å². The first-order chi connectivity index (χ1) is 6.30. The molecule has 0 saturated heterocycles. The summed E-state index contributed by atoms with van der Waals surface area (Å²) < 4.78 is 11.7. The number of hydrogen-bond donors (Lipinski definition) is 1. The van der Waals surface area contributed by atoms with E-state index in [1.807, 2.05) is 0 Å². The Balaban J connectivity index is 3.35. The van der Waals surface area contributed by atoms with Crippen LogP contribution in [0.4, 0.5) is 0 Å². The summed E-state index contributed by atoms with van der Waals surface area (Å²) in [6.07, 6.45) is 0. The first kappa shape index (κ1) is 11.7. The molecule has 1 aromatic rings. The van der Waals surface area contributed by atoms with Gasteiger partial charge in [-0.05, 0) is 41.1 Å². The second-order valence-electron chi connectivity index (χ2n) is 2.98. The highest BCUT2D eigenvalue weighted by atomic mass is 127. The number of rotatable bonds is 2. The standard InChI is InChI=1S/C8H9INO3P/c1-5-3-6(8(11)12)4-7(10-5)14(2,9)13/h3-4H,1-2H3,(H,11,12). The van der Waals surface area contributed by atoms with E-state index in [2.05, 4.69) is 4.98 Å². The molecule has 1 unspecified atom stereocenters. The van der Waals surface area contributed by atoms with E-state index in [0.717, 1.165) is 0 Å². The molecule has 4 nitrogen and oxygen atoms in total. The highest BCUT2D eigenvalue weighted by molar-refractivity contribution is 14.2. The van der Waals surface area contributed by atoms with Crippen molar-refractivity contribution in [3.05, 3.63) is 23.4 Å².